The van der Waals surface area contributed by atoms with E-state index >= 15 is 0 Å². The van der Waals surface area contributed by atoms with Crippen LogP contribution in [0.5, 0.6) is 0 Å². The van der Waals surface area contributed by atoms with Gasteiger partial charge >= 0.3 is 17.9 Å². The summed E-state index contributed by atoms with van der Waals surface area (Å²) in [7, 11) is 1.29. The molecule has 0 atom stereocenters. The molecule has 7 nitrogen and oxygen atoms in total. The molecule has 2 aromatic rings. The van der Waals surface area contributed by atoms with Crippen molar-refractivity contribution in [3.8, 4) is 0 Å². The summed E-state index contributed by atoms with van der Waals surface area (Å²) in [5, 5.41) is 9.30. The first kappa shape index (κ1) is 24.4. The van der Waals surface area contributed by atoms with Crippen LogP contribution in [0.4, 0.5) is 0 Å². The fourth-order valence-electron chi connectivity index (χ4n) is 4.66. The second kappa shape index (κ2) is 8.94. The number of carboxylic acids is 1. The van der Waals surface area contributed by atoms with Gasteiger partial charge in [-0.3, -0.25) is 0 Å². The monoisotopic (exact) mass is 470 g/mol. The minimum atomic E-state index is -1.01. The molecule has 1 aliphatic rings. The van der Waals surface area contributed by atoms with Crippen molar-refractivity contribution < 1.29 is 33.7 Å². The van der Waals surface area contributed by atoms with E-state index in [9.17, 15) is 14.4 Å². The molecule has 0 bridgehead atoms. The Morgan fingerprint density at radius 3 is 1.58 bits per heavy atom. The third-order valence-electron chi connectivity index (χ3n) is 6.06. The van der Waals surface area contributed by atoms with Gasteiger partial charge in [-0.25, -0.2) is 14.4 Å². The molecule has 2 aromatic carbocycles. The quantitative estimate of drug-likeness (QED) is 0.486. The third kappa shape index (κ3) is 4.61. The number of thiocarbonyl (C=S) groups is 1. The predicted molar refractivity (Wildman–Crippen MR) is 125 cm³/mol. The van der Waals surface area contributed by atoms with Crippen molar-refractivity contribution in [1.29, 1.82) is 0 Å². The number of hydrogen-bond acceptors (Lipinski definition) is 7. The maximum Gasteiger partial charge on any atom is 0.338 e. The van der Waals surface area contributed by atoms with Crippen molar-refractivity contribution in [2.75, 3.05) is 7.11 Å². The Hall–Kier alpha value is -3.26. The smallest absolute Gasteiger partial charge is 0.338 e. The Balaban J connectivity index is 1.69. The van der Waals surface area contributed by atoms with Crippen LogP contribution >= 0.6 is 12.2 Å². The highest BCUT2D eigenvalue weighted by molar-refractivity contribution is 7.80. The summed E-state index contributed by atoms with van der Waals surface area (Å²) in [5.41, 5.74) is 0.376. The highest BCUT2D eigenvalue weighted by atomic mass is 32.1. The van der Waals surface area contributed by atoms with Gasteiger partial charge in [0.15, 0.2) is 5.05 Å². The highest BCUT2D eigenvalue weighted by Crippen LogP contribution is 2.57. The van der Waals surface area contributed by atoms with E-state index in [-0.39, 0.29) is 16.7 Å². The second-order valence-corrected chi connectivity index (χ2v) is 9.54. The summed E-state index contributed by atoms with van der Waals surface area (Å²) in [6, 6.07) is 12.2. The molecule has 1 fully saturated rings. The van der Waals surface area contributed by atoms with Crippen molar-refractivity contribution in [2.24, 2.45) is 10.8 Å². The van der Waals surface area contributed by atoms with Gasteiger partial charge in [0.25, 0.3) is 0 Å². The summed E-state index contributed by atoms with van der Waals surface area (Å²) in [5.74, 6) is -1.99. The normalized spacial score (nSPS) is 20.2. The number of rotatable bonds is 6. The fraction of sp³-hybridized carbons (Fsp3) is 0.360. The van der Waals surface area contributed by atoms with E-state index in [1.165, 1.54) is 43.5 Å². The molecule has 0 amide bonds. The van der Waals surface area contributed by atoms with Crippen LogP contribution in [0.2, 0.25) is 0 Å². The number of benzene rings is 2. The van der Waals surface area contributed by atoms with Crippen molar-refractivity contribution in [3.63, 3.8) is 0 Å². The number of esters is 2. The molecule has 0 saturated heterocycles. The van der Waals surface area contributed by atoms with Gasteiger partial charge < -0.3 is 19.3 Å². The van der Waals surface area contributed by atoms with Gasteiger partial charge in [0.2, 0.25) is 0 Å². The van der Waals surface area contributed by atoms with Crippen molar-refractivity contribution in [3.05, 3.63) is 70.8 Å². The van der Waals surface area contributed by atoms with Gasteiger partial charge in [-0.1, -0.05) is 27.7 Å². The van der Waals surface area contributed by atoms with E-state index in [1.54, 1.807) is 12.1 Å². The summed E-state index contributed by atoms with van der Waals surface area (Å²) >= 11 is 5.44. The Bertz CT molecular complexity index is 1070. The molecule has 33 heavy (non-hydrogen) atoms. The Morgan fingerprint density at radius 1 is 0.727 bits per heavy atom. The lowest BCUT2D eigenvalue weighted by Gasteiger charge is -2.61. The lowest BCUT2D eigenvalue weighted by molar-refractivity contribution is -0.239. The Labute approximate surface area is 197 Å². The number of aromatic carboxylic acids is 1. The number of carboxylic acid groups (broad SMARTS) is 1. The molecule has 8 heteroatoms. The van der Waals surface area contributed by atoms with Crippen LogP contribution in [0.3, 0.4) is 0 Å². The van der Waals surface area contributed by atoms with E-state index in [4.69, 9.17) is 26.8 Å². The van der Waals surface area contributed by atoms with E-state index < -0.39 is 34.8 Å². The molecule has 0 aliphatic heterocycles. The zero-order chi connectivity index (χ0) is 24.6. The molecular weight excluding hydrogens is 444 g/mol. The zero-order valence-corrected chi connectivity index (χ0v) is 19.9. The fourth-order valence-corrected chi connectivity index (χ4v) is 4.90. The standard InChI is InChI=1S/C25H26O7S/c1-24(2)22(31-20(29)16-10-8-15(9-11-16)19(28)30-5)25(3,4)23(24)32-21(33)17-12-6-14(7-13-17)18(26)27/h6-13,22-23H,1-5H3,(H,26,27). The number of ether oxygens (including phenoxy) is 3. The number of methoxy groups -OCH3 is 1. The first-order valence-corrected chi connectivity index (χ1v) is 10.7. The topological polar surface area (TPSA) is 99.1 Å². The van der Waals surface area contributed by atoms with E-state index in [2.05, 4.69) is 4.74 Å². The first-order valence-electron chi connectivity index (χ1n) is 10.3. The Morgan fingerprint density at radius 2 is 1.12 bits per heavy atom. The van der Waals surface area contributed by atoms with Crippen LogP contribution in [-0.4, -0.2) is 47.4 Å². The van der Waals surface area contributed by atoms with E-state index in [1.807, 2.05) is 27.7 Å². The average Bonchev–Trinajstić information content (AvgIpc) is 2.79. The number of carbonyl (C=O) groups excluding carboxylic acids is 2. The SMILES string of the molecule is COC(=O)c1ccc(C(=O)OC2C(C)(C)C(OC(=S)c3ccc(C(=O)O)cc3)C2(C)C)cc1. The zero-order valence-electron chi connectivity index (χ0n) is 19.1. The van der Waals surface area contributed by atoms with Gasteiger partial charge in [-0.2, -0.15) is 0 Å². The average molecular weight is 471 g/mol. The maximum absolute atomic E-state index is 12.8. The van der Waals surface area contributed by atoms with Gasteiger partial charge in [0, 0.05) is 16.4 Å². The summed E-state index contributed by atoms with van der Waals surface area (Å²) in [4.78, 5) is 35.4. The predicted octanol–water partition coefficient (Wildman–Crippen LogP) is 4.52. The van der Waals surface area contributed by atoms with Crippen molar-refractivity contribution >= 4 is 35.2 Å². The van der Waals surface area contributed by atoms with E-state index in [0.29, 0.717) is 16.7 Å². The molecule has 1 saturated carbocycles. The molecule has 0 spiro atoms. The minimum absolute atomic E-state index is 0.164. The van der Waals surface area contributed by atoms with Crippen molar-refractivity contribution in [1.82, 2.24) is 0 Å². The molecule has 3 rings (SSSR count). The minimum Gasteiger partial charge on any atom is -0.478 e. The van der Waals surface area contributed by atoms with Gasteiger partial charge in [0.1, 0.15) is 12.2 Å². The highest BCUT2D eigenvalue weighted by Gasteiger charge is 2.66. The molecular formula is C25H26O7S. The van der Waals surface area contributed by atoms with Crippen LogP contribution in [0.15, 0.2) is 48.5 Å². The lowest BCUT2D eigenvalue weighted by Crippen LogP contribution is -2.69. The van der Waals surface area contributed by atoms with Crippen LogP contribution in [0.1, 0.15) is 64.3 Å². The van der Waals surface area contributed by atoms with Crippen LogP contribution in [-0.2, 0) is 14.2 Å². The molecule has 0 heterocycles. The third-order valence-corrected chi connectivity index (χ3v) is 6.39. The molecule has 0 aromatic heterocycles. The summed E-state index contributed by atoms with van der Waals surface area (Å²) in [6.07, 6.45) is -0.781. The number of carbonyl (C=O) groups is 3. The van der Waals surface area contributed by atoms with Crippen LogP contribution in [0, 0.1) is 10.8 Å². The van der Waals surface area contributed by atoms with Crippen molar-refractivity contribution in [2.45, 2.75) is 39.9 Å². The Kier molecular flexibility index (Phi) is 6.61. The van der Waals surface area contributed by atoms with Crippen LogP contribution in [0.25, 0.3) is 0 Å². The summed E-state index contributed by atoms with van der Waals surface area (Å²) in [6.45, 7) is 7.77. The van der Waals surface area contributed by atoms with Gasteiger partial charge in [0.05, 0.1) is 23.8 Å². The molecule has 1 aliphatic carbocycles. The summed E-state index contributed by atoms with van der Waals surface area (Å²) < 4.78 is 16.6. The van der Waals surface area contributed by atoms with Gasteiger partial charge in [-0.05, 0) is 60.7 Å². The number of hydrogen-bond donors (Lipinski definition) is 1. The largest absolute Gasteiger partial charge is 0.478 e. The maximum atomic E-state index is 12.8. The molecule has 0 radical (unpaired) electrons. The molecule has 1 N–H and O–H groups in total. The van der Waals surface area contributed by atoms with E-state index in [0.717, 1.165) is 0 Å². The molecule has 174 valence electrons. The second-order valence-electron chi connectivity index (χ2n) is 9.16. The molecule has 0 unspecified atom stereocenters. The van der Waals surface area contributed by atoms with Gasteiger partial charge in [-0.15, -0.1) is 0 Å². The lowest BCUT2D eigenvalue weighted by atomic mass is 9.51. The van der Waals surface area contributed by atoms with Crippen LogP contribution < -0.4 is 0 Å². The first-order chi connectivity index (χ1) is 15.4.